The van der Waals surface area contributed by atoms with Crippen LogP contribution in [0.15, 0.2) is 39.9 Å². The second-order valence-electron chi connectivity index (χ2n) is 8.01. The largest absolute Gasteiger partial charge is 0.443 e. The predicted octanol–water partition coefficient (Wildman–Crippen LogP) is 4.27. The van der Waals surface area contributed by atoms with Gasteiger partial charge in [0.25, 0.3) is 0 Å². The molecule has 0 radical (unpaired) electrons. The van der Waals surface area contributed by atoms with Gasteiger partial charge < -0.3 is 15.1 Å². The highest BCUT2D eigenvalue weighted by molar-refractivity contribution is 6.31. The van der Waals surface area contributed by atoms with E-state index in [9.17, 15) is 0 Å². The average Bonchev–Trinajstić information content (AvgIpc) is 3.04. The minimum Gasteiger partial charge on any atom is -0.443 e. The third-order valence-electron chi connectivity index (χ3n) is 4.22. The Bertz CT molecular complexity index is 759. The first-order valence-electron chi connectivity index (χ1n) is 8.78. The van der Waals surface area contributed by atoms with Crippen LogP contribution in [-0.4, -0.2) is 24.5 Å². The molecule has 1 heterocycles. The SMILES string of the molecule is CN=C(NCc1ncc(C(C)(C)C)o1)NCC(C)(C)c1ccccc1Cl. The molecule has 142 valence electrons. The maximum atomic E-state index is 6.34. The zero-order chi connectivity index (χ0) is 19.4. The molecule has 26 heavy (non-hydrogen) atoms. The van der Waals surface area contributed by atoms with Crippen LogP contribution >= 0.6 is 11.6 Å². The molecular formula is C20H29ClN4O. The lowest BCUT2D eigenvalue weighted by atomic mass is 9.84. The van der Waals surface area contributed by atoms with Crippen molar-refractivity contribution in [2.75, 3.05) is 13.6 Å². The van der Waals surface area contributed by atoms with Crippen molar-refractivity contribution < 1.29 is 4.42 Å². The smallest absolute Gasteiger partial charge is 0.213 e. The van der Waals surface area contributed by atoms with Crippen molar-refractivity contribution in [3.05, 3.63) is 52.7 Å². The van der Waals surface area contributed by atoms with Gasteiger partial charge in [0, 0.05) is 29.4 Å². The lowest BCUT2D eigenvalue weighted by Crippen LogP contribution is -2.43. The summed E-state index contributed by atoms with van der Waals surface area (Å²) in [6.45, 7) is 11.8. The van der Waals surface area contributed by atoms with Crippen LogP contribution in [0.2, 0.25) is 5.02 Å². The van der Waals surface area contributed by atoms with E-state index in [1.165, 1.54) is 0 Å². The first-order valence-corrected chi connectivity index (χ1v) is 9.16. The molecule has 2 aromatic rings. The number of nitrogens with one attached hydrogen (secondary N) is 2. The number of rotatable bonds is 5. The molecule has 2 rings (SSSR count). The summed E-state index contributed by atoms with van der Waals surface area (Å²) >= 11 is 6.34. The molecule has 0 atom stereocenters. The Balaban J connectivity index is 1.94. The lowest BCUT2D eigenvalue weighted by Gasteiger charge is -2.27. The number of guanidine groups is 1. The highest BCUT2D eigenvalue weighted by atomic mass is 35.5. The maximum absolute atomic E-state index is 6.34. The molecule has 5 nitrogen and oxygen atoms in total. The fourth-order valence-electron chi connectivity index (χ4n) is 2.53. The van der Waals surface area contributed by atoms with Gasteiger partial charge in [-0.15, -0.1) is 0 Å². The number of oxazole rings is 1. The van der Waals surface area contributed by atoms with Crippen molar-refractivity contribution in [1.82, 2.24) is 15.6 Å². The van der Waals surface area contributed by atoms with Gasteiger partial charge in [0.05, 0.1) is 12.7 Å². The number of hydrogen-bond acceptors (Lipinski definition) is 3. The van der Waals surface area contributed by atoms with Crippen LogP contribution in [0.25, 0.3) is 0 Å². The number of aliphatic imine (C=N–C) groups is 1. The first-order chi connectivity index (χ1) is 12.1. The van der Waals surface area contributed by atoms with Crippen molar-refractivity contribution in [1.29, 1.82) is 0 Å². The number of halogens is 1. The molecule has 0 fully saturated rings. The van der Waals surface area contributed by atoms with Gasteiger partial charge in [0.15, 0.2) is 5.96 Å². The van der Waals surface area contributed by atoms with Gasteiger partial charge >= 0.3 is 0 Å². The Morgan fingerprint density at radius 1 is 1.15 bits per heavy atom. The fraction of sp³-hybridized carbons (Fsp3) is 0.500. The van der Waals surface area contributed by atoms with Gasteiger partial charge in [-0.05, 0) is 11.6 Å². The molecule has 1 aromatic heterocycles. The molecular weight excluding hydrogens is 348 g/mol. The van der Waals surface area contributed by atoms with Crippen molar-refractivity contribution >= 4 is 17.6 Å². The molecule has 0 spiro atoms. The van der Waals surface area contributed by atoms with Gasteiger partial charge in [0.2, 0.25) is 5.89 Å². The van der Waals surface area contributed by atoms with Crippen molar-refractivity contribution in [3.8, 4) is 0 Å². The van der Waals surface area contributed by atoms with E-state index in [-0.39, 0.29) is 10.8 Å². The zero-order valence-corrected chi connectivity index (χ0v) is 17.2. The highest BCUT2D eigenvalue weighted by Gasteiger charge is 2.23. The van der Waals surface area contributed by atoms with Crippen LogP contribution in [0.3, 0.4) is 0 Å². The van der Waals surface area contributed by atoms with E-state index in [0.717, 1.165) is 16.3 Å². The van der Waals surface area contributed by atoms with Crippen LogP contribution in [0.1, 0.15) is 51.8 Å². The predicted molar refractivity (Wildman–Crippen MR) is 108 cm³/mol. The van der Waals surface area contributed by atoms with Crippen LogP contribution in [-0.2, 0) is 17.4 Å². The van der Waals surface area contributed by atoms with E-state index in [4.69, 9.17) is 16.0 Å². The molecule has 2 N–H and O–H groups in total. The summed E-state index contributed by atoms with van der Waals surface area (Å²) in [5, 5.41) is 7.37. The topological polar surface area (TPSA) is 62.5 Å². The normalized spacial score (nSPS) is 13.0. The zero-order valence-electron chi connectivity index (χ0n) is 16.5. The quantitative estimate of drug-likeness (QED) is 0.604. The first kappa shape index (κ1) is 20.3. The van der Waals surface area contributed by atoms with E-state index >= 15 is 0 Å². The summed E-state index contributed by atoms with van der Waals surface area (Å²) < 4.78 is 5.80. The summed E-state index contributed by atoms with van der Waals surface area (Å²) in [6, 6.07) is 7.92. The van der Waals surface area contributed by atoms with Crippen molar-refractivity contribution in [2.45, 2.75) is 52.0 Å². The maximum Gasteiger partial charge on any atom is 0.213 e. The van der Waals surface area contributed by atoms with Crippen molar-refractivity contribution in [2.24, 2.45) is 4.99 Å². The highest BCUT2D eigenvalue weighted by Crippen LogP contribution is 2.29. The van der Waals surface area contributed by atoms with E-state index < -0.39 is 0 Å². The molecule has 0 aliphatic carbocycles. The van der Waals surface area contributed by atoms with Gasteiger partial charge in [-0.1, -0.05) is 64.4 Å². The fourth-order valence-corrected chi connectivity index (χ4v) is 2.92. The van der Waals surface area contributed by atoms with Crippen LogP contribution in [0.5, 0.6) is 0 Å². The molecule has 6 heteroatoms. The standard InChI is InChI=1S/C20H29ClN4O/c1-19(2,3)16-11-23-17(26-16)12-24-18(22-6)25-13-20(4,5)14-9-7-8-10-15(14)21/h7-11H,12-13H2,1-6H3,(H2,22,24,25). The monoisotopic (exact) mass is 376 g/mol. The molecule has 0 saturated carbocycles. The molecule has 0 amide bonds. The Labute approximate surface area is 161 Å². The van der Waals surface area contributed by atoms with Gasteiger partial charge in [-0.2, -0.15) is 0 Å². The van der Waals surface area contributed by atoms with Crippen molar-refractivity contribution in [3.63, 3.8) is 0 Å². The van der Waals surface area contributed by atoms with Crippen LogP contribution in [0.4, 0.5) is 0 Å². The number of nitrogens with zero attached hydrogens (tertiary/aromatic N) is 2. The molecule has 0 bridgehead atoms. The summed E-state index contributed by atoms with van der Waals surface area (Å²) in [5.74, 6) is 2.21. The Hall–Kier alpha value is -2.01. The third-order valence-corrected chi connectivity index (χ3v) is 4.55. The Morgan fingerprint density at radius 3 is 2.42 bits per heavy atom. The molecule has 0 saturated heterocycles. The number of hydrogen-bond donors (Lipinski definition) is 2. The minimum absolute atomic E-state index is 0.0514. The number of benzene rings is 1. The van der Waals surface area contributed by atoms with Gasteiger partial charge in [-0.3, -0.25) is 4.99 Å². The lowest BCUT2D eigenvalue weighted by molar-refractivity contribution is 0.379. The molecule has 0 aliphatic rings. The minimum atomic E-state index is -0.141. The summed E-state index contributed by atoms with van der Waals surface area (Å²) in [7, 11) is 1.74. The van der Waals surface area contributed by atoms with Gasteiger partial charge in [0.1, 0.15) is 5.76 Å². The van der Waals surface area contributed by atoms with Gasteiger partial charge in [-0.25, -0.2) is 4.98 Å². The molecule has 0 aliphatic heterocycles. The summed E-state index contributed by atoms with van der Waals surface area (Å²) in [4.78, 5) is 8.60. The van der Waals surface area contributed by atoms with E-state index in [1.807, 2.05) is 18.2 Å². The molecule has 0 unspecified atom stereocenters. The van der Waals surface area contributed by atoms with E-state index in [2.05, 4.69) is 61.3 Å². The summed E-state index contributed by atoms with van der Waals surface area (Å²) in [6.07, 6.45) is 1.79. The number of aromatic nitrogens is 1. The second kappa shape index (κ2) is 8.12. The van der Waals surface area contributed by atoms with Crippen LogP contribution in [0, 0.1) is 0 Å². The third kappa shape index (κ3) is 5.24. The van der Waals surface area contributed by atoms with E-state index in [0.29, 0.717) is 24.9 Å². The Kier molecular flexibility index (Phi) is 6.34. The van der Waals surface area contributed by atoms with E-state index in [1.54, 1.807) is 13.2 Å². The second-order valence-corrected chi connectivity index (χ2v) is 8.42. The Morgan fingerprint density at radius 2 is 1.85 bits per heavy atom. The van der Waals surface area contributed by atoms with Crippen LogP contribution < -0.4 is 10.6 Å². The average molecular weight is 377 g/mol. The summed E-state index contributed by atoms with van der Waals surface area (Å²) in [5.41, 5.74) is 0.912. The molecule has 1 aromatic carbocycles.